The van der Waals surface area contributed by atoms with E-state index in [0.717, 1.165) is 19.3 Å². The van der Waals surface area contributed by atoms with Crippen LogP contribution in [0, 0.1) is 5.92 Å². The topological polar surface area (TPSA) is 71.1 Å². The molecular formula is C19H32O6. The summed E-state index contributed by atoms with van der Waals surface area (Å²) in [7, 11) is 0. The van der Waals surface area contributed by atoms with Crippen LogP contribution in [0.1, 0.15) is 73.6 Å². The maximum Gasteiger partial charge on any atom is 0.309 e. The number of ether oxygens (including phenoxy) is 4. The van der Waals surface area contributed by atoms with Crippen molar-refractivity contribution < 1.29 is 28.5 Å². The number of fused-ring (bicyclic) bond motifs is 1. The highest BCUT2D eigenvalue weighted by atomic mass is 16.8. The van der Waals surface area contributed by atoms with Crippen molar-refractivity contribution in [3.05, 3.63) is 0 Å². The highest BCUT2D eigenvalue weighted by Crippen LogP contribution is 2.35. The van der Waals surface area contributed by atoms with Crippen LogP contribution in [-0.2, 0) is 28.5 Å². The molecule has 0 saturated carbocycles. The molecule has 0 aliphatic carbocycles. The van der Waals surface area contributed by atoms with Crippen LogP contribution in [0.25, 0.3) is 0 Å². The van der Waals surface area contributed by atoms with E-state index >= 15 is 0 Å². The molecule has 2 rings (SSSR count). The van der Waals surface area contributed by atoms with E-state index in [4.69, 9.17) is 18.9 Å². The number of cyclic esters (lactones) is 1. The minimum atomic E-state index is -0.667. The largest absolute Gasteiger partial charge is 0.460 e. The molecule has 6 nitrogen and oxygen atoms in total. The lowest BCUT2D eigenvalue weighted by atomic mass is 9.94. The molecule has 0 bridgehead atoms. The zero-order valence-corrected chi connectivity index (χ0v) is 16.3. The first-order valence-corrected chi connectivity index (χ1v) is 9.25. The molecule has 0 aromatic heterocycles. The van der Waals surface area contributed by atoms with E-state index in [1.807, 2.05) is 41.5 Å². The fraction of sp³-hybridized carbons (Fsp3) is 0.895. The third-order valence-electron chi connectivity index (χ3n) is 4.44. The molecule has 0 N–H and O–H groups in total. The van der Waals surface area contributed by atoms with Gasteiger partial charge in [0.15, 0.2) is 5.79 Å². The molecule has 0 aromatic carbocycles. The van der Waals surface area contributed by atoms with Gasteiger partial charge in [-0.1, -0.05) is 12.8 Å². The van der Waals surface area contributed by atoms with Crippen LogP contribution in [0.15, 0.2) is 0 Å². The molecule has 2 heterocycles. The van der Waals surface area contributed by atoms with Crippen LogP contribution in [0.3, 0.4) is 0 Å². The molecule has 4 atom stereocenters. The van der Waals surface area contributed by atoms with Crippen molar-refractivity contribution in [2.45, 2.75) is 103 Å². The average Bonchev–Trinajstić information content (AvgIpc) is 2.74. The number of carbonyl (C=O) groups excluding carboxylic acids is 2. The maximum atomic E-state index is 12.6. The molecule has 2 fully saturated rings. The highest BCUT2D eigenvalue weighted by molar-refractivity contribution is 5.80. The highest BCUT2D eigenvalue weighted by Gasteiger charge is 2.45. The Bertz CT molecular complexity index is 493. The van der Waals surface area contributed by atoms with E-state index in [2.05, 4.69) is 0 Å². The van der Waals surface area contributed by atoms with Gasteiger partial charge >= 0.3 is 11.9 Å². The summed E-state index contributed by atoms with van der Waals surface area (Å²) in [5.41, 5.74) is -0.557. The second-order valence-corrected chi connectivity index (χ2v) is 8.55. The summed E-state index contributed by atoms with van der Waals surface area (Å²) in [6.07, 6.45) is 2.52. The number of hydrogen-bond acceptors (Lipinski definition) is 6. The number of rotatable bonds is 2. The molecule has 0 aromatic rings. The average molecular weight is 356 g/mol. The Morgan fingerprint density at radius 3 is 2.48 bits per heavy atom. The third-order valence-corrected chi connectivity index (χ3v) is 4.44. The van der Waals surface area contributed by atoms with Crippen molar-refractivity contribution in [1.82, 2.24) is 0 Å². The lowest BCUT2D eigenvalue weighted by Crippen LogP contribution is -2.39. The summed E-state index contributed by atoms with van der Waals surface area (Å²) in [5.74, 6) is -1.85. The molecule has 0 unspecified atom stereocenters. The number of carbonyl (C=O) groups is 2. The van der Waals surface area contributed by atoms with Crippen molar-refractivity contribution >= 4 is 11.9 Å². The molecular weight excluding hydrogens is 324 g/mol. The summed E-state index contributed by atoms with van der Waals surface area (Å²) in [6.45, 7) is 11.0. The fourth-order valence-corrected chi connectivity index (χ4v) is 3.45. The van der Waals surface area contributed by atoms with Crippen LogP contribution in [-0.4, -0.2) is 41.6 Å². The molecule has 144 valence electrons. The van der Waals surface area contributed by atoms with Gasteiger partial charge in [-0.15, -0.1) is 0 Å². The molecule has 25 heavy (non-hydrogen) atoms. The summed E-state index contributed by atoms with van der Waals surface area (Å²) in [5, 5.41) is 0. The first-order chi connectivity index (χ1) is 11.5. The van der Waals surface area contributed by atoms with E-state index in [1.54, 1.807) is 0 Å². The standard InChI is InChI=1S/C19H32O6/c1-12-16-14(23-19(5,6)25-16)10-8-7-9-13(17(21)22-12)11-15(20)24-18(2,3)4/h12-14,16H,7-11H2,1-6H3/t12-,13+,14-,16-/m0/s1. The second-order valence-electron chi connectivity index (χ2n) is 8.55. The Morgan fingerprint density at radius 1 is 1.20 bits per heavy atom. The van der Waals surface area contributed by atoms with Gasteiger partial charge in [-0.3, -0.25) is 9.59 Å². The molecule has 2 aliphatic rings. The summed E-state index contributed by atoms with van der Waals surface area (Å²) < 4.78 is 22.9. The predicted octanol–water partition coefficient (Wildman–Crippen LogP) is 3.36. The van der Waals surface area contributed by atoms with Gasteiger partial charge in [0.2, 0.25) is 0 Å². The molecule has 0 radical (unpaired) electrons. The van der Waals surface area contributed by atoms with Gasteiger partial charge in [0.1, 0.15) is 17.8 Å². The number of esters is 2. The van der Waals surface area contributed by atoms with Gasteiger partial charge in [-0.05, 0) is 54.4 Å². The van der Waals surface area contributed by atoms with Crippen LogP contribution in [0.5, 0.6) is 0 Å². The summed E-state index contributed by atoms with van der Waals surface area (Å²) >= 11 is 0. The fourth-order valence-electron chi connectivity index (χ4n) is 3.45. The normalized spacial score (nSPS) is 33.3. The van der Waals surface area contributed by atoms with Crippen molar-refractivity contribution in [3.8, 4) is 0 Å². The first-order valence-electron chi connectivity index (χ1n) is 9.25. The van der Waals surface area contributed by atoms with Gasteiger partial charge in [0.05, 0.1) is 18.4 Å². The molecule has 0 spiro atoms. The van der Waals surface area contributed by atoms with Crippen molar-refractivity contribution in [2.75, 3.05) is 0 Å². The van der Waals surface area contributed by atoms with Crippen LogP contribution in [0.2, 0.25) is 0 Å². The van der Waals surface area contributed by atoms with Gasteiger partial charge < -0.3 is 18.9 Å². The summed E-state index contributed by atoms with van der Waals surface area (Å²) in [6, 6.07) is 0. The minimum absolute atomic E-state index is 0.0553. The first kappa shape index (κ1) is 20.2. The van der Waals surface area contributed by atoms with E-state index in [1.165, 1.54) is 0 Å². The van der Waals surface area contributed by atoms with E-state index < -0.39 is 23.4 Å². The van der Waals surface area contributed by atoms with Crippen LogP contribution in [0.4, 0.5) is 0 Å². The zero-order valence-electron chi connectivity index (χ0n) is 16.3. The Hall–Kier alpha value is -1.14. The lowest BCUT2D eigenvalue weighted by Gasteiger charge is -2.27. The van der Waals surface area contributed by atoms with Crippen LogP contribution < -0.4 is 0 Å². The summed E-state index contributed by atoms with van der Waals surface area (Å²) in [4.78, 5) is 24.7. The van der Waals surface area contributed by atoms with Crippen molar-refractivity contribution in [3.63, 3.8) is 0 Å². The van der Waals surface area contributed by atoms with Gasteiger partial charge in [-0.2, -0.15) is 0 Å². The molecule has 6 heteroatoms. The smallest absolute Gasteiger partial charge is 0.309 e. The van der Waals surface area contributed by atoms with Crippen molar-refractivity contribution in [2.24, 2.45) is 5.92 Å². The van der Waals surface area contributed by atoms with E-state index in [9.17, 15) is 9.59 Å². The molecule has 2 aliphatic heterocycles. The Kier molecular flexibility index (Phi) is 6.15. The predicted molar refractivity (Wildman–Crippen MR) is 91.8 cm³/mol. The molecule has 0 amide bonds. The Labute approximate surface area is 150 Å². The quantitative estimate of drug-likeness (QED) is 0.707. The van der Waals surface area contributed by atoms with Gasteiger partial charge in [0.25, 0.3) is 0 Å². The lowest BCUT2D eigenvalue weighted by molar-refractivity contribution is -0.174. The van der Waals surface area contributed by atoms with E-state index in [-0.39, 0.29) is 30.6 Å². The monoisotopic (exact) mass is 356 g/mol. The SMILES string of the molecule is C[C@@H]1OC(=O)[C@@H](CC(=O)OC(C)(C)C)CCCC[C@@H]2OC(C)(C)O[C@@H]12. The van der Waals surface area contributed by atoms with Gasteiger partial charge in [0, 0.05) is 0 Å². The Morgan fingerprint density at radius 2 is 1.84 bits per heavy atom. The third kappa shape index (κ3) is 5.96. The second kappa shape index (κ2) is 7.62. The van der Waals surface area contributed by atoms with Crippen LogP contribution >= 0.6 is 0 Å². The van der Waals surface area contributed by atoms with Crippen molar-refractivity contribution in [1.29, 1.82) is 0 Å². The van der Waals surface area contributed by atoms with E-state index in [0.29, 0.717) is 6.42 Å². The molecule has 2 saturated heterocycles. The zero-order chi connectivity index (χ0) is 18.8. The number of hydrogen-bond donors (Lipinski definition) is 0. The maximum absolute atomic E-state index is 12.6. The Balaban J connectivity index is 2.02. The minimum Gasteiger partial charge on any atom is -0.460 e. The van der Waals surface area contributed by atoms with Gasteiger partial charge in [-0.25, -0.2) is 0 Å².